The predicted octanol–water partition coefficient (Wildman–Crippen LogP) is 2.90. The number of aromatic nitrogens is 4. The molecule has 0 atom stereocenters. The fourth-order valence-corrected chi connectivity index (χ4v) is 2.43. The number of anilines is 1. The van der Waals surface area contributed by atoms with Crippen molar-refractivity contribution in [2.45, 2.75) is 11.8 Å². The van der Waals surface area contributed by atoms with E-state index in [0.29, 0.717) is 16.9 Å². The zero-order valence-corrected chi connectivity index (χ0v) is 12.4. The van der Waals surface area contributed by atoms with Gasteiger partial charge in [0.1, 0.15) is 0 Å². The second-order valence-corrected chi connectivity index (χ2v) is 4.99. The molecule has 2 heterocycles. The van der Waals surface area contributed by atoms with Gasteiger partial charge in [-0.2, -0.15) is 10.1 Å². The number of fused-ring (bicyclic) bond motifs is 1. The largest absolute Gasteiger partial charge is 0.354 e. The molecule has 0 unspecified atom stereocenters. The molecule has 5 nitrogen and oxygen atoms in total. The monoisotopic (exact) mass is 331 g/mol. The summed E-state index contributed by atoms with van der Waals surface area (Å²) >= 11 is 3.40. The van der Waals surface area contributed by atoms with Crippen molar-refractivity contribution in [2.75, 3.05) is 11.9 Å². The number of hydrogen-bond acceptors (Lipinski definition) is 4. The normalized spacial score (nSPS) is 10.8. The van der Waals surface area contributed by atoms with Gasteiger partial charge in [0.2, 0.25) is 5.95 Å². The summed E-state index contributed by atoms with van der Waals surface area (Å²) in [6, 6.07) is 10.3. The minimum atomic E-state index is 0.612. The summed E-state index contributed by atoms with van der Waals surface area (Å²) in [6.45, 7) is 0.797. The van der Waals surface area contributed by atoms with Gasteiger partial charge in [-0.15, -0.1) is 0 Å². The maximum Gasteiger partial charge on any atom is 0.224 e. The molecule has 20 heavy (non-hydrogen) atoms. The number of alkyl halides is 1. The highest BCUT2D eigenvalue weighted by atomic mass is 79.9. The molecule has 1 aromatic carbocycles. The number of nitrogens with one attached hydrogen (secondary N) is 2. The Balaban J connectivity index is 1.66. The minimum absolute atomic E-state index is 0.612. The van der Waals surface area contributed by atoms with Crippen molar-refractivity contribution in [3.05, 3.63) is 47.8 Å². The fourth-order valence-electron chi connectivity index (χ4n) is 2.00. The first-order valence-electron chi connectivity index (χ1n) is 6.40. The maximum atomic E-state index is 4.39. The van der Waals surface area contributed by atoms with Crippen molar-refractivity contribution >= 4 is 32.9 Å². The van der Waals surface area contributed by atoms with Gasteiger partial charge in [-0.05, 0) is 12.0 Å². The van der Waals surface area contributed by atoms with Crippen LogP contribution in [0.5, 0.6) is 0 Å². The number of rotatable bonds is 5. The lowest BCUT2D eigenvalue weighted by molar-refractivity contribution is 0.986. The van der Waals surface area contributed by atoms with Crippen molar-refractivity contribution in [2.24, 2.45) is 0 Å². The number of benzene rings is 1. The average Bonchev–Trinajstić information content (AvgIpc) is 2.90. The van der Waals surface area contributed by atoms with Gasteiger partial charge < -0.3 is 5.32 Å². The molecule has 0 amide bonds. The quantitative estimate of drug-likeness (QED) is 0.705. The Morgan fingerprint density at radius 2 is 2.05 bits per heavy atom. The first-order chi connectivity index (χ1) is 9.86. The Morgan fingerprint density at radius 1 is 1.20 bits per heavy atom. The Morgan fingerprint density at radius 3 is 2.85 bits per heavy atom. The highest BCUT2D eigenvalue weighted by Crippen LogP contribution is 2.16. The Kier molecular flexibility index (Phi) is 3.92. The molecule has 0 aliphatic carbocycles. The van der Waals surface area contributed by atoms with E-state index < -0.39 is 0 Å². The lowest BCUT2D eigenvalue weighted by Crippen LogP contribution is -2.07. The Hall–Kier alpha value is -1.95. The zero-order chi connectivity index (χ0) is 13.8. The second kappa shape index (κ2) is 6.00. The highest BCUT2D eigenvalue weighted by Gasteiger charge is 2.07. The molecule has 3 rings (SSSR count). The molecule has 6 heteroatoms. The summed E-state index contributed by atoms with van der Waals surface area (Å²) in [4.78, 5) is 8.71. The molecule has 0 bridgehead atoms. The van der Waals surface area contributed by atoms with Gasteiger partial charge >= 0.3 is 0 Å². The summed E-state index contributed by atoms with van der Waals surface area (Å²) in [5.41, 5.74) is 2.98. The van der Waals surface area contributed by atoms with Gasteiger partial charge in [-0.3, -0.25) is 5.10 Å². The summed E-state index contributed by atoms with van der Waals surface area (Å²) in [6.07, 6.45) is 2.74. The fraction of sp³-hybridized carbons (Fsp3) is 0.214. The van der Waals surface area contributed by atoms with Crippen LogP contribution in [-0.4, -0.2) is 26.7 Å². The molecule has 0 fully saturated rings. The van der Waals surface area contributed by atoms with E-state index in [4.69, 9.17) is 0 Å². The van der Waals surface area contributed by atoms with Crippen LogP contribution in [0.25, 0.3) is 11.0 Å². The van der Waals surface area contributed by atoms with Gasteiger partial charge in [-0.25, -0.2) is 4.98 Å². The van der Waals surface area contributed by atoms with E-state index >= 15 is 0 Å². The van der Waals surface area contributed by atoms with Crippen LogP contribution < -0.4 is 5.32 Å². The molecule has 3 aromatic rings. The smallest absolute Gasteiger partial charge is 0.224 e. The van der Waals surface area contributed by atoms with Gasteiger partial charge in [0.25, 0.3) is 0 Å². The van der Waals surface area contributed by atoms with Crippen LogP contribution >= 0.6 is 15.9 Å². The molecule has 0 aliphatic heterocycles. The van der Waals surface area contributed by atoms with E-state index in [1.165, 1.54) is 5.56 Å². The molecular formula is C14H14BrN5. The number of halogens is 1. The first-order valence-corrected chi connectivity index (χ1v) is 7.52. The average molecular weight is 332 g/mol. The van der Waals surface area contributed by atoms with Crippen LogP contribution in [0.15, 0.2) is 36.5 Å². The van der Waals surface area contributed by atoms with Gasteiger partial charge in [0.15, 0.2) is 5.65 Å². The molecule has 0 spiro atoms. The molecule has 0 aliphatic rings. The SMILES string of the molecule is BrCc1[nH]nc2nc(NCCc3ccccc3)ncc12. The molecule has 0 radical (unpaired) electrons. The highest BCUT2D eigenvalue weighted by molar-refractivity contribution is 9.08. The van der Waals surface area contributed by atoms with Crippen LogP contribution in [-0.2, 0) is 11.8 Å². The van der Waals surface area contributed by atoms with Crippen LogP contribution in [0, 0.1) is 0 Å². The van der Waals surface area contributed by atoms with E-state index in [-0.39, 0.29) is 0 Å². The third kappa shape index (κ3) is 2.80. The maximum absolute atomic E-state index is 4.39. The third-order valence-electron chi connectivity index (χ3n) is 3.06. The standard InChI is InChI=1S/C14H14BrN5/c15-8-12-11-9-17-14(18-13(11)20-19-12)16-7-6-10-4-2-1-3-5-10/h1-5,9H,6-8H2,(H2,16,17,18,19,20). The van der Waals surface area contributed by atoms with Crippen LogP contribution in [0.3, 0.4) is 0 Å². The number of hydrogen-bond donors (Lipinski definition) is 2. The van der Waals surface area contributed by atoms with Gasteiger partial charge in [0, 0.05) is 18.1 Å². The molecule has 102 valence electrons. The van der Waals surface area contributed by atoms with Gasteiger partial charge in [0.05, 0.1) is 11.1 Å². The van der Waals surface area contributed by atoms with E-state index in [1.54, 1.807) is 6.20 Å². The summed E-state index contributed by atoms with van der Waals surface area (Å²) in [5.74, 6) is 0.612. The zero-order valence-electron chi connectivity index (χ0n) is 10.8. The molecular weight excluding hydrogens is 318 g/mol. The van der Waals surface area contributed by atoms with E-state index in [9.17, 15) is 0 Å². The van der Waals surface area contributed by atoms with E-state index in [2.05, 4.69) is 53.5 Å². The lowest BCUT2D eigenvalue weighted by atomic mass is 10.1. The van der Waals surface area contributed by atoms with Crippen molar-refractivity contribution in [1.29, 1.82) is 0 Å². The van der Waals surface area contributed by atoms with E-state index in [0.717, 1.165) is 24.0 Å². The van der Waals surface area contributed by atoms with Crippen molar-refractivity contribution in [1.82, 2.24) is 20.2 Å². The van der Waals surface area contributed by atoms with Crippen molar-refractivity contribution in [3.8, 4) is 0 Å². The van der Waals surface area contributed by atoms with Gasteiger partial charge in [-0.1, -0.05) is 46.3 Å². The summed E-state index contributed by atoms with van der Waals surface area (Å²) in [5, 5.41) is 12.0. The molecule has 2 N–H and O–H groups in total. The lowest BCUT2D eigenvalue weighted by Gasteiger charge is -2.04. The predicted molar refractivity (Wildman–Crippen MR) is 83.0 cm³/mol. The number of H-pyrrole nitrogens is 1. The van der Waals surface area contributed by atoms with Crippen LogP contribution in [0.4, 0.5) is 5.95 Å². The number of aromatic amines is 1. The second-order valence-electron chi connectivity index (χ2n) is 4.43. The van der Waals surface area contributed by atoms with Crippen LogP contribution in [0.2, 0.25) is 0 Å². The Labute approximate surface area is 125 Å². The van der Waals surface area contributed by atoms with Crippen LogP contribution in [0.1, 0.15) is 11.3 Å². The molecule has 0 saturated carbocycles. The Bertz CT molecular complexity index is 695. The minimum Gasteiger partial charge on any atom is -0.354 e. The van der Waals surface area contributed by atoms with Crippen molar-refractivity contribution in [3.63, 3.8) is 0 Å². The third-order valence-corrected chi connectivity index (χ3v) is 3.62. The van der Waals surface area contributed by atoms with Crippen molar-refractivity contribution < 1.29 is 0 Å². The topological polar surface area (TPSA) is 66.5 Å². The molecule has 0 saturated heterocycles. The first kappa shape index (κ1) is 13.1. The summed E-state index contributed by atoms with van der Waals surface area (Å²) in [7, 11) is 0. The van der Waals surface area contributed by atoms with E-state index in [1.807, 2.05) is 18.2 Å². The molecule has 2 aromatic heterocycles. The number of nitrogens with zero attached hydrogens (tertiary/aromatic N) is 3. The summed E-state index contributed by atoms with van der Waals surface area (Å²) < 4.78 is 0.